The van der Waals surface area contributed by atoms with E-state index in [1.165, 1.54) is 24.0 Å². The summed E-state index contributed by atoms with van der Waals surface area (Å²) in [5.41, 5.74) is 4.75. The van der Waals surface area contributed by atoms with Crippen molar-refractivity contribution in [1.29, 1.82) is 0 Å². The molecule has 0 bridgehead atoms. The monoisotopic (exact) mass is 309 g/mol. The Kier molecular flexibility index (Phi) is 4.46. The molecular formula is C15H20BrNO. The van der Waals surface area contributed by atoms with Gasteiger partial charge in [-0.1, -0.05) is 12.7 Å². The average molecular weight is 310 g/mol. The van der Waals surface area contributed by atoms with Gasteiger partial charge in [-0.3, -0.25) is 0 Å². The van der Waals surface area contributed by atoms with E-state index in [0.29, 0.717) is 0 Å². The van der Waals surface area contributed by atoms with E-state index in [1.807, 2.05) is 6.08 Å². The largest absolute Gasteiger partial charge is 0.360 e. The lowest BCUT2D eigenvalue weighted by atomic mass is 10.0. The standard InChI is InChI=1S/C15H20BrNO/c1-4-12-13(9-10(2)11(3)15(12)16)17-14-7-5-6-8-18-14/h4,9,14,17H,1,5-8H2,2-3H3. The van der Waals surface area contributed by atoms with Crippen molar-refractivity contribution in [3.63, 3.8) is 0 Å². The fourth-order valence-electron chi connectivity index (χ4n) is 2.24. The number of ether oxygens (including phenoxy) is 1. The molecule has 98 valence electrons. The molecule has 1 atom stereocenters. The zero-order valence-corrected chi connectivity index (χ0v) is 12.6. The highest BCUT2D eigenvalue weighted by Crippen LogP contribution is 2.33. The Balaban J connectivity index is 2.28. The van der Waals surface area contributed by atoms with Crippen LogP contribution < -0.4 is 5.32 Å². The summed E-state index contributed by atoms with van der Waals surface area (Å²) >= 11 is 3.65. The summed E-state index contributed by atoms with van der Waals surface area (Å²) < 4.78 is 6.85. The lowest BCUT2D eigenvalue weighted by Gasteiger charge is -2.26. The molecule has 1 fully saturated rings. The Labute approximate surface area is 118 Å². The highest BCUT2D eigenvalue weighted by atomic mass is 79.9. The molecule has 0 aliphatic carbocycles. The van der Waals surface area contributed by atoms with E-state index >= 15 is 0 Å². The van der Waals surface area contributed by atoms with Crippen LogP contribution in [0.5, 0.6) is 0 Å². The third kappa shape index (κ3) is 2.78. The summed E-state index contributed by atoms with van der Waals surface area (Å²) in [7, 11) is 0. The SMILES string of the molecule is C=Cc1c(NC2CCCCO2)cc(C)c(C)c1Br. The molecule has 0 aromatic heterocycles. The Hall–Kier alpha value is -0.800. The second kappa shape index (κ2) is 5.89. The average Bonchev–Trinajstić information content (AvgIpc) is 2.38. The van der Waals surface area contributed by atoms with Crippen molar-refractivity contribution in [2.24, 2.45) is 0 Å². The lowest BCUT2D eigenvalue weighted by Crippen LogP contribution is -2.27. The van der Waals surface area contributed by atoms with Crippen LogP contribution in [0.2, 0.25) is 0 Å². The maximum absolute atomic E-state index is 5.73. The van der Waals surface area contributed by atoms with Gasteiger partial charge in [-0.25, -0.2) is 0 Å². The zero-order chi connectivity index (χ0) is 13.1. The molecule has 2 rings (SSSR count). The van der Waals surface area contributed by atoms with E-state index in [1.54, 1.807) is 0 Å². The van der Waals surface area contributed by atoms with Gasteiger partial charge in [-0.15, -0.1) is 0 Å². The van der Waals surface area contributed by atoms with Crippen LogP contribution in [0, 0.1) is 13.8 Å². The molecule has 0 spiro atoms. The minimum absolute atomic E-state index is 0.131. The van der Waals surface area contributed by atoms with Gasteiger partial charge in [0.25, 0.3) is 0 Å². The normalized spacial score (nSPS) is 19.6. The predicted octanol–water partition coefficient (Wildman–Crippen LogP) is 4.65. The van der Waals surface area contributed by atoms with Crippen LogP contribution in [0.1, 0.15) is 36.0 Å². The van der Waals surface area contributed by atoms with Gasteiger partial charge < -0.3 is 10.1 Å². The number of hydrogen-bond acceptors (Lipinski definition) is 2. The van der Waals surface area contributed by atoms with Crippen molar-refractivity contribution >= 4 is 27.7 Å². The van der Waals surface area contributed by atoms with Crippen molar-refractivity contribution < 1.29 is 4.74 Å². The Morgan fingerprint density at radius 3 is 2.83 bits per heavy atom. The second-order valence-corrected chi connectivity index (χ2v) is 5.59. The number of hydrogen-bond donors (Lipinski definition) is 1. The van der Waals surface area contributed by atoms with Crippen molar-refractivity contribution in [2.45, 2.75) is 39.3 Å². The number of benzene rings is 1. The maximum atomic E-state index is 5.73. The van der Waals surface area contributed by atoms with Gasteiger partial charge in [0.15, 0.2) is 0 Å². The molecule has 1 aromatic rings. The predicted molar refractivity (Wildman–Crippen MR) is 80.9 cm³/mol. The van der Waals surface area contributed by atoms with Gasteiger partial charge >= 0.3 is 0 Å². The summed E-state index contributed by atoms with van der Waals surface area (Å²) in [4.78, 5) is 0. The van der Waals surface area contributed by atoms with E-state index < -0.39 is 0 Å². The molecule has 0 amide bonds. The van der Waals surface area contributed by atoms with Gasteiger partial charge in [0.05, 0.1) is 0 Å². The first kappa shape index (κ1) is 13.6. The Morgan fingerprint density at radius 2 is 2.22 bits per heavy atom. The van der Waals surface area contributed by atoms with Crippen molar-refractivity contribution in [1.82, 2.24) is 0 Å². The number of anilines is 1. The molecule has 1 aliphatic heterocycles. The van der Waals surface area contributed by atoms with Gasteiger partial charge in [-0.05, 0) is 66.2 Å². The van der Waals surface area contributed by atoms with Crippen molar-refractivity contribution in [3.05, 3.63) is 33.8 Å². The van der Waals surface area contributed by atoms with E-state index in [-0.39, 0.29) is 6.23 Å². The van der Waals surface area contributed by atoms with Gasteiger partial charge in [0.2, 0.25) is 0 Å². The summed E-state index contributed by atoms with van der Waals surface area (Å²) in [6, 6.07) is 2.18. The summed E-state index contributed by atoms with van der Waals surface area (Å²) in [5, 5.41) is 3.49. The lowest BCUT2D eigenvalue weighted by molar-refractivity contribution is 0.0343. The topological polar surface area (TPSA) is 21.3 Å². The molecular weight excluding hydrogens is 290 g/mol. The smallest absolute Gasteiger partial charge is 0.127 e. The van der Waals surface area contributed by atoms with E-state index in [4.69, 9.17) is 4.74 Å². The first-order chi connectivity index (χ1) is 8.63. The summed E-state index contributed by atoms with van der Waals surface area (Å²) in [6.45, 7) is 9.00. The molecule has 1 unspecified atom stereocenters. The first-order valence-electron chi connectivity index (χ1n) is 6.43. The minimum Gasteiger partial charge on any atom is -0.360 e. The first-order valence-corrected chi connectivity index (χ1v) is 7.23. The summed E-state index contributed by atoms with van der Waals surface area (Å²) in [6.07, 6.45) is 5.49. The summed E-state index contributed by atoms with van der Waals surface area (Å²) in [5.74, 6) is 0. The van der Waals surface area contributed by atoms with Crippen LogP contribution in [0.25, 0.3) is 6.08 Å². The number of rotatable bonds is 3. The molecule has 0 radical (unpaired) electrons. The zero-order valence-electron chi connectivity index (χ0n) is 11.1. The van der Waals surface area contributed by atoms with Crippen molar-refractivity contribution in [2.75, 3.05) is 11.9 Å². The maximum Gasteiger partial charge on any atom is 0.127 e. The Bertz CT molecular complexity index is 450. The van der Waals surface area contributed by atoms with E-state index in [9.17, 15) is 0 Å². The highest BCUT2D eigenvalue weighted by Gasteiger charge is 2.16. The van der Waals surface area contributed by atoms with Crippen LogP contribution in [-0.4, -0.2) is 12.8 Å². The molecule has 1 N–H and O–H groups in total. The van der Waals surface area contributed by atoms with Crippen molar-refractivity contribution in [3.8, 4) is 0 Å². The van der Waals surface area contributed by atoms with Crippen LogP contribution in [0.3, 0.4) is 0 Å². The third-order valence-corrected chi connectivity index (χ3v) is 4.53. The Morgan fingerprint density at radius 1 is 1.44 bits per heavy atom. The number of halogens is 1. The minimum atomic E-state index is 0.131. The fraction of sp³-hybridized carbons (Fsp3) is 0.467. The molecule has 1 heterocycles. The van der Waals surface area contributed by atoms with Gasteiger partial charge in [0.1, 0.15) is 6.23 Å². The van der Waals surface area contributed by atoms with Crippen LogP contribution in [-0.2, 0) is 4.74 Å². The number of nitrogens with one attached hydrogen (secondary N) is 1. The highest BCUT2D eigenvalue weighted by molar-refractivity contribution is 9.10. The van der Waals surface area contributed by atoms with E-state index in [0.717, 1.165) is 28.8 Å². The quantitative estimate of drug-likeness (QED) is 0.877. The van der Waals surface area contributed by atoms with Gasteiger partial charge in [0, 0.05) is 22.3 Å². The molecule has 0 saturated carbocycles. The van der Waals surface area contributed by atoms with E-state index in [2.05, 4.69) is 47.7 Å². The molecule has 18 heavy (non-hydrogen) atoms. The molecule has 1 aliphatic rings. The molecule has 1 aromatic carbocycles. The van der Waals surface area contributed by atoms with Gasteiger partial charge in [-0.2, -0.15) is 0 Å². The third-order valence-electron chi connectivity index (χ3n) is 3.51. The van der Waals surface area contributed by atoms with Crippen LogP contribution >= 0.6 is 15.9 Å². The molecule has 3 heteroatoms. The molecule has 2 nitrogen and oxygen atoms in total. The number of aryl methyl sites for hydroxylation is 1. The molecule has 1 saturated heterocycles. The van der Waals surface area contributed by atoms with Crippen LogP contribution in [0.15, 0.2) is 17.1 Å². The second-order valence-electron chi connectivity index (χ2n) is 4.80. The van der Waals surface area contributed by atoms with Crippen LogP contribution in [0.4, 0.5) is 5.69 Å². The fourth-order valence-corrected chi connectivity index (χ4v) is 2.93.